The van der Waals surface area contributed by atoms with E-state index in [0.717, 1.165) is 5.56 Å². The normalized spacial score (nSPS) is 18.8. The number of carbonyl (C=O) groups is 1. The second kappa shape index (κ2) is 4.19. The second-order valence-electron chi connectivity index (χ2n) is 3.89. The molecule has 0 aromatic heterocycles. The number of benzene rings is 1. The molecule has 1 atom stereocenters. The molecule has 86 valence electrons. The molecule has 1 aromatic carbocycles. The minimum absolute atomic E-state index is 0.128. The summed E-state index contributed by atoms with van der Waals surface area (Å²) in [5.41, 5.74) is 6.82. The van der Waals surface area contributed by atoms with Gasteiger partial charge >= 0.3 is 0 Å². The van der Waals surface area contributed by atoms with Gasteiger partial charge in [-0.2, -0.15) is 0 Å². The van der Waals surface area contributed by atoms with Crippen molar-refractivity contribution in [1.82, 2.24) is 4.90 Å². The van der Waals surface area contributed by atoms with Gasteiger partial charge in [-0.1, -0.05) is 6.07 Å². The Morgan fingerprint density at radius 3 is 3.00 bits per heavy atom. The van der Waals surface area contributed by atoms with E-state index >= 15 is 0 Å². The highest BCUT2D eigenvalue weighted by molar-refractivity contribution is 6.02. The lowest BCUT2D eigenvalue weighted by Gasteiger charge is -2.21. The summed E-state index contributed by atoms with van der Waals surface area (Å²) in [6, 6.07) is 3.98. The Balaban J connectivity index is 2.32. The molecule has 4 nitrogen and oxygen atoms in total. The lowest BCUT2D eigenvalue weighted by molar-refractivity contribution is -0.120. The van der Waals surface area contributed by atoms with Crippen LogP contribution >= 0.6 is 0 Å². The molecule has 3 N–H and O–H groups in total. The quantitative estimate of drug-likeness (QED) is 0.793. The molecule has 0 bridgehead atoms. The van der Waals surface area contributed by atoms with Gasteiger partial charge in [0.25, 0.3) is 0 Å². The predicted octanol–water partition coefficient (Wildman–Crippen LogP) is 0.709. The number of anilines is 1. The number of likely N-dealkylation sites (N-methyl/N-ethyl adjacent to an activating group) is 1. The molecule has 1 unspecified atom stereocenters. The monoisotopic (exact) mass is 223 g/mol. The Kier molecular flexibility index (Phi) is 2.89. The van der Waals surface area contributed by atoms with Crippen LogP contribution < -0.4 is 11.1 Å². The minimum Gasteiger partial charge on any atom is -0.329 e. The molecule has 16 heavy (non-hydrogen) atoms. The largest absolute Gasteiger partial charge is 0.329 e. The molecule has 0 saturated carbocycles. The number of rotatable bonds is 3. The minimum atomic E-state index is -0.362. The van der Waals surface area contributed by atoms with Crippen LogP contribution in [0.1, 0.15) is 11.6 Å². The molecule has 0 radical (unpaired) electrons. The van der Waals surface area contributed by atoms with Crippen molar-refractivity contribution in [2.45, 2.75) is 6.04 Å². The fourth-order valence-electron chi connectivity index (χ4n) is 1.99. The number of amides is 1. The van der Waals surface area contributed by atoms with E-state index in [1.54, 1.807) is 6.07 Å². The number of nitrogens with two attached hydrogens (primary N) is 1. The maximum absolute atomic E-state index is 13.0. The van der Waals surface area contributed by atoms with Crippen LogP contribution in [-0.4, -0.2) is 30.9 Å². The number of fused-ring (bicyclic) bond motifs is 1. The first-order valence-corrected chi connectivity index (χ1v) is 5.14. The van der Waals surface area contributed by atoms with Crippen LogP contribution in [0, 0.1) is 5.82 Å². The van der Waals surface area contributed by atoms with E-state index in [0.29, 0.717) is 18.8 Å². The van der Waals surface area contributed by atoms with Crippen LogP contribution in [0.15, 0.2) is 18.2 Å². The number of carbonyl (C=O) groups excluding carboxylic acids is 1. The average molecular weight is 223 g/mol. The summed E-state index contributed by atoms with van der Waals surface area (Å²) in [6.07, 6.45) is 0. The molecule has 0 fully saturated rings. The van der Waals surface area contributed by atoms with Crippen molar-refractivity contribution in [2.75, 3.05) is 25.5 Å². The molecule has 1 aromatic rings. The maximum atomic E-state index is 13.0. The molecule has 0 saturated heterocycles. The third kappa shape index (κ3) is 1.79. The Morgan fingerprint density at radius 2 is 2.31 bits per heavy atom. The third-order valence-electron chi connectivity index (χ3n) is 2.74. The Hall–Kier alpha value is -1.46. The Labute approximate surface area is 93.2 Å². The van der Waals surface area contributed by atoms with Gasteiger partial charge in [-0.25, -0.2) is 4.39 Å². The number of nitrogens with zero attached hydrogens (tertiary/aromatic N) is 1. The van der Waals surface area contributed by atoms with Crippen molar-refractivity contribution in [1.29, 1.82) is 0 Å². The van der Waals surface area contributed by atoms with E-state index < -0.39 is 0 Å². The first kappa shape index (κ1) is 11.0. The average Bonchev–Trinajstić information content (AvgIpc) is 2.53. The summed E-state index contributed by atoms with van der Waals surface area (Å²) in [6.45, 7) is 1.10. The summed E-state index contributed by atoms with van der Waals surface area (Å²) < 4.78 is 13.0. The van der Waals surface area contributed by atoms with Crippen LogP contribution in [0.5, 0.6) is 0 Å². The van der Waals surface area contributed by atoms with Gasteiger partial charge in [0.15, 0.2) is 0 Å². The fraction of sp³-hybridized carbons (Fsp3) is 0.364. The molecular weight excluding hydrogens is 209 g/mol. The Morgan fingerprint density at radius 1 is 1.56 bits per heavy atom. The van der Waals surface area contributed by atoms with Gasteiger partial charge in [-0.15, -0.1) is 0 Å². The summed E-state index contributed by atoms with van der Waals surface area (Å²) in [5.74, 6) is -0.474. The lowest BCUT2D eigenvalue weighted by Crippen LogP contribution is -2.33. The molecule has 1 heterocycles. The SMILES string of the molecule is CN(CCN)C1C(=O)Nc2cc(F)ccc21. The van der Waals surface area contributed by atoms with Crippen molar-refractivity contribution >= 4 is 11.6 Å². The highest BCUT2D eigenvalue weighted by atomic mass is 19.1. The molecule has 0 spiro atoms. The topological polar surface area (TPSA) is 58.4 Å². The summed E-state index contributed by atoms with van der Waals surface area (Å²) >= 11 is 0. The molecule has 5 heteroatoms. The van der Waals surface area contributed by atoms with Gasteiger partial charge in [0.2, 0.25) is 5.91 Å². The molecule has 2 rings (SSSR count). The molecule has 1 aliphatic rings. The smallest absolute Gasteiger partial charge is 0.246 e. The van der Waals surface area contributed by atoms with Crippen molar-refractivity contribution in [3.8, 4) is 0 Å². The molecule has 0 aliphatic carbocycles. The maximum Gasteiger partial charge on any atom is 0.246 e. The van der Waals surface area contributed by atoms with Gasteiger partial charge in [0.05, 0.1) is 0 Å². The van der Waals surface area contributed by atoms with Crippen molar-refractivity contribution in [3.63, 3.8) is 0 Å². The zero-order chi connectivity index (χ0) is 11.7. The summed E-state index contributed by atoms with van der Waals surface area (Å²) in [7, 11) is 1.83. The van der Waals surface area contributed by atoms with Gasteiger partial charge < -0.3 is 11.1 Å². The molecular formula is C11H14FN3O. The second-order valence-corrected chi connectivity index (χ2v) is 3.89. The first-order chi connectivity index (χ1) is 7.63. The van der Waals surface area contributed by atoms with Crippen LogP contribution in [0.2, 0.25) is 0 Å². The van der Waals surface area contributed by atoms with E-state index in [1.807, 2.05) is 11.9 Å². The van der Waals surface area contributed by atoms with Crippen LogP contribution in [0.25, 0.3) is 0 Å². The van der Waals surface area contributed by atoms with Crippen molar-refractivity contribution in [2.24, 2.45) is 5.73 Å². The van der Waals surface area contributed by atoms with E-state index in [9.17, 15) is 9.18 Å². The first-order valence-electron chi connectivity index (χ1n) is 5.14. The summed E-state index contributed by atoms with van der Waals surface area (Å²) in [4.78, 5) is 13.6. The lowest BCUT2D eigenvalue weighted by atomic mass is 10.1. The number of nitrogens with one attached hydrogen (secondary N) is 1. The predicted molar refractivity (Wildman–Crippen MR) is 59.5 cm³/mol. The van der Waals surface area contributed by atoms with Crippen molar-refractivity contribution < 1.29 is 9.18 Å². The van der Waals surface area contributed by atoms with Gasteiger partial charge in [-0.05, 0) is 19.2 Å². The van der Waals surface area contributed by atoms with Crippen molar-refractivity contribution in [3.05, 3.63) is 29.6 Å². The molecule has 1 amide bonds. The van der Waals surface area contributed by atoms with Crippen LogP contribution in [0.3, 0.4) is 0 Å². The van der Waals surface area contributed by atoms with E-state index in [4.69, 9.17) is 5.73 Å². The Bertz CT molecular complexity index is 422. The highest BCUT2D eigenvalue weighted by Crippen LogP contribution is 2.34. The van der Waals surface area contributed by atoms with E-state index in [1.165, 1.54) is 12.1 Å². The zero-order valence-corrected chi connectivity index (χ0v) is 9.03. The number of hydrogen-bond acceptors (Lipinski definition) is 3. The fourth-order valence-corrected chi connectivity index (χ4v) is 1.99. The van der Waals surface area contributed by atoms with Gasteiger partial charge in [0, 0.05) is 24.3 Å². The van der Waals surface area contributed by atoms with E-state index in [-0.39, 0.29) is 17.8 Å². The zero-order valence-electron chi connectivity index (χ0n) is 9.03. The van der Waals surface area contributed by atoms with E-state index in [2.05, 4.69) is 5.32 Å². The van der Waals surface area contributed by atoms with Crippen LogP contribution in [-0.2, 0) is 4.79 Å². The van der Waals surface area contributed by atoms with Gasteiger partial charge in [0.1, 0.15) is 11.9 Å². The summed E-state index contributed by atoms with van der Waals surface area (Å²) in [5, 5.41) is 2.67. The number of hydrogen-bond donors (Lipinski definition) is 2. The molecule has 1 aliphatic heterocycles. The number of halogens is 1. The van der Waals surface area contributed by atoms with Gasteiger partial charge in [-0.3, -0.25) is 9.69 Å². The highest BCUT2D eigenvalue weighted by Gasteiger charge is 2.33. The van der Waals surface area contributed by atoms with Crippen LogP contribution in [0.4, 0.5) is 10.1 Å². The standard InChI is InChI=1S/C11H14FN3O/c1-15(5-4-13)10-8-3-2-7(12)6-9(8)14-11(10)16/h2-3,6,10H,4-5,13H2,1H3,(H,14,16). The third-order valence-corrected chi connectivity index (χ3v) is 2.74.